The Morgan fingerprint density at radius 3 is 2.83 bits per heavy atom. The number of rotatable bonds is 6. The van der Waals surface area contributed by atoms with Gasteiger partial charge in [0.15, 0.2) is 0 Å². The van der Waals surface area contributed by atoms with Crippen LogP contribution in [0.3, 0.4) is 0 Å². The van der Waals surface area contributed by atoms with Crippen molar-refractivity contribution in [3.63, 3.8) is 0 Å². The third-order valence-corrected chi connectivity index (χ3v) is 5.12. The van der Waals surface area contributed by atoms with E-state index in [1.807, 2.05) is 11.8 Å². The highest BCUT2D eigenvalue weighted by molar-refractivity contribution is 7.99. The van der Waals surface area contributed by atoms with Gasteiger partial charge in [-0.05, 0) is 31.4 Å². The zero-order valence-corrected chi connectivity index (χ0v) is 11.9. The van der Waals surface area contributed by atoms with E-state index >= 15 is 0 Å². The van der Waals surface area contributed by atoms with Gasteiger partial charge in [0.1, 0.15) is 0 Å². The summed E-state index contributed by atoms with van der Waals surface area (Å²) in [6, 6.07) is 10.6. The van der Waals surface area contributed by atoms with E-state index in [1.54, 1.807) is 0 Å². The first-order valence-electron chi connectivity index (χ1n) is 6.79. The number of hydrogen-bond donors (Lipinski definition) is 2. The third kappa shape index (κ3) is 3.50. The zero-order valence-electron chi connectivity index (χ0n) is 11.1. The van der Waals surface area contributed by atoms with Crippen LogP contribution in [0.25, 0.3) is 0 Å². The number of hydrogen-bond acceptors (Lipinski definition) is 3. The fourth-order valence-electron chi connectivity index (χ4n) is 2.74. The third-order valence-electron chi connectivity index (χ3n) is 3.75. The van der Waals surface area contributed by atoms with Gasteiger partial charge in [-0.15, -0.1) is 0 Å². The van der Waals surface area contributed by atoms with Crippen LogP contribution in [0.4, 0.5) is 0 Å². The van der Waals surface area contributed by atoms with Crippen LogP contribution in [0.5, 0.6) is 0 Å². The summed E-state index contributed by atoms with van der Waals surface area (Å²) in [6.07, 6.45) is 3.41. The van der Waals surface area contributed by atoms with Gasteiger partial charge in [0.2, 0.25) is 0 Å². The Hall–Kier alpha value is -0.510. The summed E-state index contributed by atoms with van der Waals surface area (Å²) in [5, 5.41) is 13.7. The van der Waals surface area contributed by atoms with Crippen LogP contribution < -0.4 is 5.32 Å². The van der Waals surface area contributed by atoms with E-state index in [1.165, 1.54) is 12.0 Å². The number of nitrogens with one attached hydrogen (secondary N) is 1. The van der Waals surface area contributed by atoms with Gasteiger partial charge >= 0.3 is 0 Å². The highest BCUT2D eigenvalue weighted by Gasteiger charge is 2.37. The Bertz CT molecular complexity index is 357. The largest absolute Gasteiger partial charge is 0.394 e. The van der Waals surface area contributed by atoms with E-state index < -0.39 is 0 Å². The van der Waals surface area contributed by atoms with Gasteiger partial charge in [0.25, 0.3) is 0 Å². The van der Waals surface area contributed by atoms with E-state index in [2.05, 4.69) is 42.6 Å². The smallest absolute Gasteiger partial charge is 0.0613 e. The molecule has 1 fully saturated rings. The lowest BCUT2D eigenvalue weighted by atomic mass is 9.99. The Morgan fingerprint density at radius 1 is 1.39 bits per heavy atom. The molecular formula is C15H23NOS. The van der Waals surface area contributed by atoms with Gasteiger partial charge in [-0.2, -0.15) is 11.8 Å². The molecule has 2 unspecified atom stereocenters. The second kappa shape index (κ2) is 6.60. The minimum atomic E-state index is -0.0108. The Labute approximate surface area is 114 Å². The van der Waals surface area contributed by atoms with E-state index in [0.29, 0.717) is 5.25 Å². The molecule has 2 rings (SSSR count). The highest BCUT2D eigenvalue weighted by atomic mass is 32.2. The van der Waals surface area contributed by atoms with E-state index in [4.69, 9.17) is 0 Å². The number of aliphatic hydroxyl groups is 1. The van der Waals surface area contributed by atoms with Crippen molar-refractivity contribution < 1.29 is 5.11 Å². The minimum absolute atomic E-state index is 0.0108. The van der Waals surface area contributed by atoms with Gasteiger partial charge in [0.05, 0.1) is 6.61 Å². The number of thioether (sulfide) groups is 1. The summed E-state index contributed by atoms with van der Waals surface area (Å²) in [5.41, 5.74) is 1.38. The molecule has 2 nitrogen and oxygen atoms in total. The predicted molar refractivity (Wildman–Crippen MR) is 78.9 cm³/mol. The molecule has 0 spiro atoms. The molecule has 1 aromatic carbocycles. The van der Waals surface area contributed by atoms with Crippen molar-refractivity contribution in [3.8, 4) is 0 Å². The first kappa shape index (κ1) is 13.9. The molecule has 0 aromatic heterocycles. The fraction of sp³-hybridized carbons (Fsp3) is 0.600. The van der Waals surface area contributed by atoms with E-state index in [-0.39, 0.29) is 12.1 Å². The zero-order chi connectivity index (χ0) is 12.8. The fourth-order valence-corrected chi connectivity index (χ4v) is 4.08. The Kier molecular flexibility index (Phi) is 5.10. The molecule has 0 heterocycles. The number of aliphatic hydroxyl groups excluding tert-OH is 1. The maximum Gasteiger partial charge on any atom is 0.0613 e. The van der Waals surface area contributed by atoms with Gasteiger partial charge in [-0.3, -0.25) is 0 Å². The van der Waals surface area contributed by atoms with Crippen LogP contribution in [0.15, 0.2) is 30.3 Å². The van der Waals surface area contributed by atoms with Crippen molar-refractivity contribution in [2.45, 2.75) is 42.7 Å². The first-order chi connectivity index (χ1) is 8.78. The Morgan fingerprint density at radius 2 is 2.17 bits per heavy atom. The van der Waals surface area contributed by atoms with Crippen molar-refractivity contribution in [2.75, 3.05) is 13.2 Å². The minimum Gasteiger partial charge on any atom is -0.394 e. The average Bonchev–Trinajstić information content (AvgIpc) is 2.82. The average molecular weight is 265 g/mol. The number of likely N-dealkylation sites (N-methyl/N-ethyl adjacent to an activating group) is 1. The molecule has 3 heteroatoms. The van der Waals surface area contributed by atoms with Crippen molar-refractivity contribution in [2.24, 2.45) is 0 Å². The molecule has 0 bridgehead atoms. The SMILES string of the molecule is CCNC1(CO)CCC(SCc2ccccc2)C1. The molecule has 18 heavy (non-hydrogen) atoms. The van der Waals surface area contributed by atoms with Gasteiger partial charge in [-0.1, -0.05) is 37.3 Å². The highest BCUT2D eigenvalue weighted by Crippen LogP contribution is 2.38. The van der Waals surface area contributed by atoms with Crippen LogP contribution in [0.2, 0.25) is 0 Å². The predicted octanol–water partition coefficient (Wildman–Crippen LogP) is 2.81. The van der Waals surface area contributed by atoms with Crippen molar-refractivity contribution in [1.29, 1.82) is 0 Å². The molecule has 0 amide bonds. The second-order valence-electron chi connectivity index (χ2n) is 5.13. The molecule has 2 atom stereocenters. The lowest BCUT2D eigenvalue weighted by molar-refractivity contribution is 0.167. The second-order valence-corrected chi connectivity index (χ2v) is 6.42. The van der Waals surface area contributed by atoms with Crippen molar-refractivity contribution >= 4 is 11.8 Å². The first-order valence-corrected chi connectivity index (χ1v) is 7.84. The lowest BCUT2D eigenvalue weighted by Gasteiger charge is -2.28. The monoisotopic (exact) mass is 265 g/mol. The van der Waals surface area contributed by atoms with Gasteiger partial charge in [0, 0.05) is 16.5 Å². The molecule has 2 N–H and O–H groups in total. The standard InChI is InChI=1S/C15H23NOS/c1-2-16-15(12-17)9-8-14(10-15)18-11-13-6-4-3-5-7-13/h3-7,14,16-17H,2,8-12H2,1H3. The van der Waals surface area contributed by atoms with Gasteiger partial charge < -0.3 is 10.4 Å². The summed E-state index contributed by atoms with van der Waals surface area (Å²) in [5.74, 6) is 1.08. The van der Waals surface area contributed by atoms with Crippen LogP contribution in [-0.4, -0.2) is 29.0 Å². The van der Waals surface area contributed by atoms with Crippen LogP contribution in [-0.2, 0) is 5.75 Å². The molecule has 100 valence electrons. The molecule has 0 saturated heterocycles. The quantitative estimate of drug-likeness (QED) is 0.829. The van der Waals surface area contributed by atoms with Crippen LogP contribution in [0.1, 0.15) is 31.7 Å². The maximum absolute atomic E-state index is 9.58. The number of benzene rings is 1. The van der Waals surface area contributed by atoms with Gasteiger partial charge in [-0.25, -0.2) is 0 Å². The molecule has 1 aliphatic rings. The summed E-state index contributed by atoms with van der Waals surface area (Å²) in [7, 11) is 0. The normalized spacial score (nSPS) is 27.6. The summed E-state index contributed by atoms with van der Waals surface area (Å²) in [4.78, 5) is 0. The van der Waals surface area contributed by atoms with E-state index in [0.717, 1.165) is 25.1 Å². The molecular weight excluding hydrogens is 242 g/mol. The van der Waals surface area contributed by atoms with E-state index in [9.17, 15) is 5.11 Å². The molecule has 1 aliphatic carbocycles. The lowest BCUT2D eigenvalue weighted by Crippen LogP contribution is -2.46. The van der Waals surface area contributed by atoms with Crippen LogP contribution >= 0.6 is 11.8 Å². The molecule has 1 saturated carbocycles. The summed E-state index contributed by atoms with van der Waals surface area (Å²) >= 11 is 2.03. The molecule has 0 radical (unpaired) electrons. The summed E-state index contributed by atoms with van der Waals surface area (Å²) in [6.45, 7) is 3.32. The maximum atomic E-state index is 9.58. The molecule has 1 aromatic rings. The topological polar surface area (TPSA) is 32.3 Å². The molecule has 0 aliphatic heterocycles. The van der Waals surface area contributed by atoms with Crippen LogP contribution in [0, 0.1) is 0 Å². The van der Waals surface area contributed by atoms with Crippen molar-refractivity contribution in [3.05, 3.63) is 35.9 Å². The van der Waals surface area contributed by atoms with Crippen molar-refractivity contribution in [1.82, 2.24) is 5.32 Å². The Balaban J connectivity index is 1.82. The summed E-state index contributed by atoms with van der Waals surface area (Å²) < 4.78 is 0.